The minimum absolute atomic E-state index is 0.179. The van der Waals surface area contributed by atoms with Crippen LogP contribution in [0.4, 0.5) is 0 Å². The number of furan rings is 1. The number of hydrogen-bond acceptors (Lipinski definition) is 4. The van der Waals surface area contributed by atoms with Crippen molar-refractivity contribution in [1.29, 1.82) is 0 Å². The molecule has 5 heteroatoms. The Hall–Kier alpha value is -2.92. The number of para-hydroxylation sites is 1. The van der Waals surface area contributed by atoms with Gasteiger partial charge < -0.3 is 14.7 Å². The lowest BCUT2D eigenvalue weighted by Crippen LogP contribution is -2.27. The van der Waals surface area contributed by atoms with Crippen LogP contribution in [0.3, 0.4) is 0 Å². The van der Waals surface area contributed by atoms with E-state index in [0.717, 1.165) is 5.39 Å². The molecule has 26 heavy (non-hydrogen) atoms. The zero-order valence-electron chi connectivity index (χ0n) is 14.8. The molecule has 4 aromatic rings. The van der Waals surface area contributed by atoms with E-state index in [4.69, 9.17) is 4.42 Å². The first-order valence-corrected chi connectivity index (χ1v) is 8.82. The molecule has 2 N–H and O–H groups in total. The van der Waals surface area contributed by atoms with Crippen LogP contribution in [0.1, 0.15) is 31.3 Å². The molecular formula is C21H21N3O2. The molecule has 0 aliphatic carbocycles. The summed E-state index contributed by atoms with van der Waals surface area (Å²) in [5.74, 6) is 1.01. The maximum absolute atomic E-state index is 12.4. The van der Waals surface area contributed by atoms with Crippen molar-refractivity contribution in [3.63, 3.8) is 0 Å². The Morgan fingerprint density at radius 2 is 1.81 bits per heavy atom. The molecule has 0 aliphatic heterocycles. The fourth-order valence-electron chi connectivity index (χ4n) is 3.34. The summed E-state index contributed by atoms with van der Waals surface area (Å²) in [7, 11) is 0. The van der Waals surface area contributed by atoms with Crippen molar-refractivity contribution in [3.05, 3.63) is 76.3 Å². The van der Waals surface area contributed by atoms with Gasteiger partial charge >= 0.3 is 0 Å². The van der Waals surface area contributed by atoms with Gasteiger partial charge in [0.15, 0.2) is 0 Å². The quantitative estimate of drug-likeness (QED) is 0.569. The fourth-order valence-corrected chi connectivity index (χ4v) is 3.34. The lowest BCUT2D eigenvalue weighted by atomic mass is 9.96. The number of aromatic nitrogens is 2. The molecule has 2 aromatic carbocycles. The van der Waals surface area contributed by atoms with Gasteiger partial charge in [-0.2, -0.15) is 0 Å². The van der Waals surface area contributed by atoms with Crippen molar-refractivity contribution in [2.75, 3.05) is 0 Å². The summed E-state index contributed by atoms with van der Waals surface area (Å²) in [6.45, 7) is 4.82. The van der Waals surface area contributed by atoms with Gasteiger partial charge in [0.05, 0.1) is 6.54 Å². The molecule has 0 amide bonds. The Bertz CT molecular complexity index is 1100. The van der Waals surface area contributed by atoms with E-state index in [2.05, 4.69) is 41.3 Å². The van der Waals surface area contributed by atoms with E-state index in [-0.39, 0.29) is 17.2 Å². The Kier molecular flexibility index (Phi) is 4.31. The third kappa shape index (κ3) is 3.02. The molecule has 2 heterocycles. The predicted molar refractivity (Wildman–Crippen MR) is 103 cm³/mol. The second-order valence-corrected chi connectivity index (χ2v) is 6.80. The van der Waals surface area contributed by atoms with E-state index in [0.29, 0.717) is 29.4 Å². The highest BCUT2D eigenvalue weighted by molar-refractivity contribution is 6.01. The monoisotopic (exact) mass is 347 g/mol. The fraction of sp³-hybridized carbons (Fsp3) is 0.238. The average Bonchev–Trinajstić information content (AvgIpc) is 3.02. The number of benzene rings is 2. The van der Waals surface area contributed by atoms with Crippen molar-refractivity contribution >= 4 is 22.1 Å². The van der Waals surface area contributed by atoms with Gasteiger partial charge in [-0.15, -0.1) is 0 Å². The number of nitrogens with one attached hydrogen (secondary N) is 2. The van der Waals surface area contributed by atoms with Crippen LogP contribution >= 0.6 is 0 Å². The zero-order chi connectivity index (χ0) is 18.1. The van der Waals surface area contributed by atoms with Crippen LogP contribution in [-0.4, -0.2) is 9.97 Å². The number of hydrogen-bond donors (Lipinski definition) is 2. The Balaban J connectivity index is 1.66. The molecule has 1 atom stereocenters. The SMILES string of the molecule is CC(C)[C@H](NCc1nc2c(oc3ccccc32)c(=O)[nH]1)c1ccccc1. The number of aromatic amines is 1. The molecule has 0 spiro atoms. The molecule has 132 valence electrons. The van der Waals surface area contributed by atoms with Crippen LogP contribution in [0.2, 0.25) is 0 Å². The van der Waals surface area contributed by atoms with Gasteiger partial charge in [0, 0.05) is 11.4 Å². The number of fused-ring (bicyclic) bond motifs is 3. The number of nitrogens with zero attached hydrogens (tertiary/aromatic N) is 1. The molecule has 0 aliphatic rings. The van der Waals surface area contributed by atoms with Crippen molar-refractivity contribution in [2.24, 2.45) is 5.92 Å². The van der Waals surface area contributed by atoms with Crippen molar-refractivity contribution in [2.45, 2.75) is 26.4 Å². The summed E-state index contributed by atoms with van der Waals surface area (Å²) >= 11 is 0. The summed E-state index contributed by atoms with van der Waals surface area (Å²) in [6, 6.07) is 18.1. The van der Waals surface area contributed by atoms with E-state index in [1.54, 1.807) is 0 Å². The predicted octanol–water partition coefficient (Wildman–Crippen LogP) is 4.16. The maximum atomic E-state index is 12.4. The molecule has 2 aromatic heterocycles. The minimum atomic E-state index is -0.246. The minimum Gasteiger partial charge on any atom is -0.449 e. The summed E-state index contributed by atoms with van der Waals surface area (Å²) in [5.41, 5.74) is 2.54. The van der Waals surface area contributed by atoms with Gasteiger partial charge in [0.2, 0.25) is 5.58 Å². The number of H-pyrrole nitrogens is 1. The first-order chi connectivity index (χ1) is 12.6. The van der Waals surface area contributed by atoms with Crippen LogP contribution in [0.25, 0.3) is 22.1 Å². The molecule has 5 nitrogen and oxygen atoms in total. The molecule has 0 radical (unpaired) electrons. The van der Waals surface area contributed by atoms with E-state index in [1.807, 2.05) is 42.5 Å². The van der Waals surface area contributed by atoms with Crippen LogP contribution in [-0.2, 0) is 6.54 Å². The second-order valence-electron chi connectivity index (χ2n) is 6.80. The van der Waals surface area contributed by atoms with Crippen LogP contribution in [0, 0.1) is 5.92 Å². The molecule has 0 bridgehead atoms. The zero-order valence-corrected chi connectivity index (χ0v) is 14.8. The van der Waals surface area contributed by atoms with E-state index in [9.17, 15) is 4.79 Å². The van der Waals surface area contributed by atoms with E-state index in [1.165, 1.54) is 5.56 Å². The lowest BCUT2D eigenvalue weighted by Gasteiger charge is -2.22. The van der Waals surface area contributed by atoms with Crippen molar-refractivity contribution in [3.8, 4) is 0 Å². The van der Waals surface area contributed by atoms with Crippen molar-refractivity contribution in [1.82, 2.24) is 15.3 Å². The number of rotatable bonds is 5. The maximum Gasteiger partial charge on any atom is 0.294 e. The highest BCUT2D eigenvalue weighted by Gasteiger charge is 2.17. The van der Waals surface area contributed by atoms with E-state index < -0.39 is 0 Å². The van der Waals surface area contributed by atoms with Gasteiger partial charge in [0.1, 0.15) is 16.9 Å². The van der Waals surface area contributed by atoms with Crippen LogP contribution in [0.5, 0.6) is 0 Å². The summed E-state index contributed by atoms with van der Waals surface area (Å²) in [4.78, 5) is 19.9. The molecule has 0 fully saturated rings. The Morgan fingerprint density at radius 3 is 2.58 bits per heavy atom. The first kappa shape index (κ1) is 16.5. The van der Waals surface area contributed by atoms with Gasteiger partial charge in [-0.1, -0.05) is 56.3 Å². The molecule has 0 saturated heterocycles. The highest BCUT2D eigenvalue weighted by Crippen LogP contribution is 2.25. The van der Waals surface area contributed by atoms with Gasteiger partial charge in [-0.3, -0.25) is 4.79 Å². The Labute approximate surface area is 151 Å². The highest BCUT2D eigenvalue weighted by atomic mass is 16.3. The van der Waals surface area contributed by atoms with Gasteiger partial charge in [0.25, 0.3) is 5.56 Å². The first-order valence-electron chi connectivity index (χ1n) is 8.82. The van der Waals surface area contributed by atoms with Crippen molar-refractivity contribution < 1.29 is 4.42 Å². The molecular weight excluding hydrogens is 326 g/mol. The standard InChI is InChI=1S/C21H21N3O2/c1-13(2)18(14-8-4-3-5-9-14)22-12-17-23-19-15-10-6-7-11-16(15)26-20(19)21(25)24-17/h3-11,13,18,22H,12H2,1-2H3,(H,23,24,25)/t18-/m0/s1. The lowest BCUT2D eigenvalue weighted by molar-refractivity contribution is 0.406. The van der Waals surface area contributed by atoms with Crippen LogP contribution in [0.15, 0.2) is 63.8 Å². The van der Waals surface area contributed by atoms with E-state index >= 15 is 0 Å². The van der Waals surface area contributed by atoms with Gasteiger partial charge in [-0.25, -0.2) is 4.98 Å². The third-order valence-corrected chi connectivity index (χ3v) is 4.59. The normalized spacial score (nSPS) is 12.9. The third-order valence-electron chi connectivity index (χ3n) is 4.59. The molecule has 0 saturated carbocycles. The average molecular weight is 347 g/mol. The second kappa shape index (κ2) is 6.77. The van der Waals surface area contributed by atoms with Crippen LogP contribution < -0.4 is 10.9 Å². The Morgan fingerprint density at radius 1 is 1.08 bits per heavy atom. The summed E-state index contributed by atoms with van der Waals surface area (Å²) in [6.07, 6.45) is 0. The smallest absolute Gasteiger partial charge is 0.294 e. The molecule has 0 unspecified atom stereocenters. The summed E-state index contributed by atoms with van der Waals surface area (Å²) < 4.78 is 5.64. The topological polar surface area (TPSA) is 70.9 Å². The summed E-state index contributed by atoms with van der Waals surface area (Å²) in [5, 5.41) is 4.38. The molecule has 4 rings (SSSR count). The van der Waals surface area contributed by atoms with Gasteiger partial charge in [-0.05, 0) is 23.6 Å². The largest absolute Gasteiger partial charge is 0.449 e.